The van der Waals surface area contributed by atoms with Gasteiger partial charge in [0.05, 0.1) is 0 Å². The smallest absolute Gasteiger partial charge is 0.225 e. The standard InChI is InChI=1S/C17H30N2O/c1-13-9-16(18-10-14-7-8-14)12-19(11-13)17(20)15-5-3-2-4-6-15/h13-16,18H,2-12H2,1H3. The molecule has 2 saturated carbocycles. The van der Waals surface area contributed by atoms with Gasteiger partial charge in [0, 0.05) is 25.0 Å². The molecule has 2 aliphatic carbocycles. The molecule has 1 N–H and O–H groups in total. The second-order valence-corrected chi connectivity index (χ2v) is 7.47. The summed E-state index contributed by atoms with van der Waals surface area (Å²) in [6, 6.07) is 0.534. The Morgan fingerprint density at radius 1 is 1.10 bits per heavy atom. The van der Waals surface area contributed by atoms with Gasteiger partial charge in [0.25, 0.3) is 0 Å². The van der Waals surface area contributed by atoms with Crippen molar-refractivity contribution < 1.29 is 4.79 Å². The molecule has 0 aromatic rings. The maximum Gasteiger partial charge on any atom is 0.225 e. The Morgan fingerprint density at radius 3 is 2.55 bits per heavy atom. The van der Waals surface area contributed by atoms with E-state index in [1.807, 2.05) is 0 Å². The van der Waals surface area contributed by atoms with Crippen molar-refractivity contribution in [3.05, 3.63) is 0 Å². The molecule has 3 fully saturated rings. The molecule has 20 heavy (non-hydrogen) atoms. The van der Waals surface area contributed by atoms with Gasteiger partial charge in [-0.15, -0.1) is 0 Å². The Labute approximate surface area is 123 Å². The largest absolute Gasteiger partial charge is 0.341 e. The lowest BCUT2D eigenvalue weighted by molar-refractivity contribution is -0.138. The van der Waals surface area contributed by atoms with E-state index in [1.54, 1.807) is 0 Å². The molecule has 3 aliphatic rings. The van der Waals surface area contributed by atoms with Crippen molar-refractivity contribution in [1.82, 2.24) is 10.2 Å². The summed E-state index contributed by atoms with van der Waals surface area (Å²) in [7, 11) is 0. The minimum Gasteiger partial charge on any atom is -0.341 e. The number of rotatable bonds is 4. The van der Waals surface area contributed by atoms with Crippen LogP contribution < -0.4 is 5.32 Å². The van der Waals surface area contributed by atoms with E-state index in [9.17, 15) is 4.79 Å². The molecule has 0 bridgehead atoms. The van der Waals surface area contributed by atoms with Crippen LogP contribution in [0.2, 0.25) is 0 Å². The summed E-state index contributed by atoms with van der Waals surface area (Å²) in [6.07, 6.45) is 10.1. The maximum absolute atomic E-state index is 12.7. The summed E-state index contributed by atoms with van der Waals surface area (Å²) in [5.41, 5.74) is 0. The molecule has 0 aromatic heterocycles. The molecule has 0 aromatic carbocycles. The number of amides is 1. The number of hydrogen-bond donors (Lipinski definition) is 1. The van der Waals surface area contributed by atoms with Crippen LogP contribution in [-0.4, -0.2) is 36.5 Å². The maximum atomic E-state index is 12.7. The predicted octanol–water partition coefficient (Wildman–Crippen LogP) is 2.80. The fraction of sp³-hybridized carbons (Fsp3) is 0.941. The first-order valence-electron chi connectivity index (χ1n) is 8.74. The lowest BCUT2D eigenvalue weighted by Gasteiger charge is -2.39. The summed E-state index contributed by atoms with van der Waals surface area (Å²) < 4.78 is 0. The Bertz CT molecular complexity index is 334. The number of nitrogens with one attached hydrogen (secondary N) is 1. The van der Waals surface area contributed by atoms with Gasteiger partial charge in [-0.2, -0.15) is 0 Å². The number of hydrogen-bond acceptors (Lipinski definition) is 2. The molecule has 114 valence electrons. The molecule has 0 spiro atoms. The number of nitrogens with zero attached hydrogens (tertiary/aromatic N) is 1. The minimum atomic E-state index is 0.332. The molecule has 0 radical (unpaired) electrons. The average molecular weight is 278 g/mol. The van der Waals surface area contributed by atoms with E-state index in [4.69, 9.17) is 0 Å². The molecule has 3 rings (SSSR count). The molecular weight excluding hydrogens is 248 g/mol. The molecule has 2 atom stereocenters. The topological polar surface area (TPSA) is 32.3 Å². The van der Waals surface area contributed by atoms with E-state index in [-0.39, 0.29) is 0 Å². The Balaban J connectivity index is 1.52. The highest BCUT2D eigenvalue weighted by atomic mass is 16.2. The molecule has 3 nitrogen and oxygen atoms in total. The number of likely N-dealkylation sites (tertiary alicyclic amines) is 1. The van der Waals surface area contributed by atoms with Crippen molar-refractivity contribution >= 4 is 5.91 Å². The van der Waals surface area contributed by atoms with E-state index in [0.29, 0.717) is 23.8 Å². The zero-order valence-electron chi connectivity index (χ0n) is 12.9. The van der Waals surface area contributed by atoms with Crippen molar-refractivity contribution in [2.75, 3.05) is 19.6 Å². The van der Waals surface area contributed by atoms with E-state index in [0.717, 1.165) is 31.8 Å². The zero-order valence-corrected chi connectivity index (χ0v) is 12.9. The third-order valence-electron chi connectivity index (χ3n) is 5.32. The van der Waals surface area contributed by atoms with Gasteiger partial charge in [-0.3, -0.25) is 4.79 Å². The van der Waals surface area contributed by atoms with E-state index < -0.39 is 0 Å². The molecule has 2 unspecified atom stereocenters. The van der Waals surface area contributed by atoms with E-state index in [1.165, 1.54) is 45.1 Å². The van der Waals surface area contributed by atoms with E-state index in [2.05, 4.69) is 17.1 Å². The van der Waals surface area contributed by atoms with Crippen molar-refractivity contribution in [3.8, 4) is 0 Å². The molecule has 3 heteroatoms. The van der Waals surface area contributed by atoms with Gasteiger partial charge in [-0.1, -0.05) is 26.2 Å². The summed E-state index contributed by atoms with van der Waals surface area (Å²) in [6.45, 7) is 5.40. The van der Waals surface area contributed by atoms with Gasteiger partial charge in [0.2, 0.25) is 5.91 Å². The fourth-order valence-corrected chi connectivity index (χ4v) is 3.94. The molecule has 1 heterocycles. The highest BCUT2D eigenvalue weighted by Crippen LogP contribution is 2.29. The third-order valence-corrected chi connectivity index (χ3v) is 5.32. The lowest BCUT2D eigenvalue weighted by Crippen LogP contribution is -2.52. The van der Waals surface area contributed by atoms with Crippen molar-refractivity contribution in [2.24, 2.45) is 17.8 Å². The summed E-state index contributed by atoms with van der Waals surface area (Å²) in [5.74, 6) is 2.36. The first kappa shape index (κ1) is 14.4. The number of carbonyl (C=O) groups excluding carboxylic acids is 1. The molecule has 1 saturated heterocycles. The number of piperidine rings is 1. The molecule has 1 aliphatic heterocycles. The van der Waals surface area contributed by atoms with Gasteiger partial charge in [-0.05, 0) is 50.5 Å². The van der Waals surface area contributed by atoms with Gasteiger partial charge >= 0.3 is 0 Å². The SMILES string of the molecule is CC1CC(NCC2CC2)CN(C(=O)C2CCCCC2)C1. The van der Waals surface area contributed by atoms with Gasteiger partial charge in [0.15, 0.2) is 0 Å². The van der Waals surface area contributed by atoms with Crippen LogP contribution in [0.25, 0.3) is 0 Å². The van der Waals surface area contributed by atoms with E-state index >= 15 is 0 Å². The molecular formula is C17H30N2O. The predicted molar refractivity (Wildman–Crippen MR) is 81.5 cm³/mol. The minimum absolute atomic E-state index is 0.332. The van der Waals surface area contributed by atoms with Crippen molar-refractivity contribution in [2.45, 2.75) is 64.3 Å². The summed E-state index contributed by atoms with van der Waals surface area (Å²) in [5, 5.41) is 3.71. The van der Waals surface area contributed by atoms with Crippen molar-refractivity contribution in [1.29, 1.82) is 0 Å². The van der Waals surface area contributed by atoms with Crippen LogP contribution in [0, 0.1) is 17.8 Å². The Kier molecular flexibility index (Phi) is 4.65. The zero-order chi connectivity index (χ0) is 13.9. The van der Waals surface area contributed by atoms with Gasteiger partial charge < -0.3 is 10.2 Å². The normalized spacial score (nSPS) is 32.4. The van der Waals surface area contributed by atoms with Crippen LogP contribution in [0.15, 0.2) is 0 Å². The Hall–Kier alpha value is -0.570. The fourth-order valence-electron chi connectivity index (χ4n) is 3.94. The van der Waals surface area contributed by atoms with Crippen LogP contribution in [-0.2, 0) is 4.79 Å². The van der Waals surface area contributed by atoms with Crippen LogP contribution >= 0.6 is 0 Å². The van der Waals surface area contributed by atoms with Crippen molar-refractivity contribution in [3.63, 3.8) is 0 Å². The lowest BCUT2D eigenvalue weighted by atomic mass is 9.87. The van der Waals surface area contributed by atoms with Gasteiger partial charge in [0.1, 0.15) is 0 Å². The summed E-state index contributed by atoms with van der Waals surface area (Å²) in [4.78, 5) is 14.9. The second kappa shape index (κ2) is 6.46. The highest BCUT2D eigenvalue weighted by molar-refractivity contribution is 5.79. The van der Waals surface area contributed by atoms with Crippen LogP contribution in [0.3, 0.4) is 0 Å². The summed E-state index contributed by atoms with van der Waals surface area (Å²) >= 11 is 0. The molecule has 1 amide bonds. The monoisotopic (exact) mass is 278 g/mol. The Morgan fingerprint density at radius 2 is 1.85 bits per heavy atom. The first-order chi connectivity index (χ1) is 9.72. The van der Waals surface area contributed by atoms with Crippen LogP contribution in [0.5, 0.6) is 0 Å². The highest BCUT2D eigenvalue weighted by Gasteiger charge is 2.32. The van der Waals surface area contributed by atoms with Crippen LogP contribution in [0.4, 0.5) is 0 Å². The number of carbonyl (C=O) groups is 1. The average Bonchev–Trinajstić information content (AvgIpc) is 3.29. The third kappa shape index (κ3) is 3.75. The first-order valence-corrected chi connectivity index (χ1v) is 8.74. The second-order valence-electron chi connectivity index (χ2n) is 7.47. The van der Waals surface area contributed by atoms with Crippen LogP contribution in [0.1, 0.15) is 58.3 Å². The van der Waals surface area contributed by atoms with Gasteiger partial charge in [-0.25, -0.2) is 0 Å². The quantitative estimate of drug-likeness (QED) is 0.857.